The quantitative estimate of drug-likeness (QED) is 0.523. The van der Waals surface area contributed by atoms with Crippen LogP contribution in [0.5, 0.6) is 0 Å². The van der Waals surface area contributed by atoms with Crippen LogP contribution in [0.15, 0.2) is 47.8 Å². The molecule has 0 bridgehead atoms. The van der Waals surface area contributed by atoms with Crippen molar-refractivity contribution in [2.24, 2.45) is 0 Å². The fourth-order valence-electron chi connectivity index (χ4n) is 4.32. The Morgan fingerprint density at radius 1 is 1.26 bits per heavy atom. The van der Waals surface area contributed by atoms with Crippen molar-refractivity contribution in [1.82, 2.24) is 4.98 Å². The summed E-state index contributed by atoms with van der Waals surface area (Å²) < 4.78 is 5.43. The third-order valence-corrected chi connectivity index (χ3v) is 6.93. The van der Waals surface area contributed by atoms with Gasteiger partial charge in [0.1, 0.15) is 17.7 Å². The van der Waals surface area contributed by atoms with Gasteiger partial charge in [0.05, 0.1) is 29.1 Å². The number of para-hydroxylation sites is 1. The van der Waals surface area contributed by atoms with E-state index in [0.717, 1.165) is 36.3 Å². The molecule has 2 amide bonds. The van der Waals surface area contributed by atoms with Gasteiger partial charge >= 0.3 is 5.97 Å². The summed E-state index contributed by atoms with van der Waals surface area (Å²) in [7, 11) is 0. The standard InChI is InChI=1S/C25H24N4O4S/c1-15-5-2-3-6-18(15)27-22(30)12-23-26-17(14-34-23)13-33-25(32)16-8-9-20-19(11-16)28-24(31)21-7-4-10-29(20)21/h2-3,5-6,8-9,11,14,21H,4,7,10,12-13H2,1H3,(H,27,30)(H,28,31). The number of hydrogen-bond donors (Lipinski definition) is 2. The van der Waals surface area contributed by atoms with E-state index in [-0.39, 0.29) is 30.9 Å². The maximum atomic E-state index is 12.6. The topological polar surface area (TPSA) is 101 Å². The van der Waals surface area contributed by atoms with Crippen LogP contribution in [0.2, 0.25) is 0 Å². The van der Waals surface area contributed by atoms with Crippen molar-refractivity contribution in [3.63, 3.8) is 0 Å². The number of aryl methyl sites for hydroxylation is 1. The first-order valence-corrected chi connectivity index (χ1v) is 12.0. The Hall–Kier alpha value is -3.72. The molecule has 0 aliphatic carbocycles. The lowest BCUT2D eigenvalue weighted by atomic mass is 10.1. The second kappa shape index (κ2) is 9.26. The van der Waals surface area contributed by atoms with Gasteiger partial charge in [-0.1, -0.05) is 18.2 Å². The molecule has 2 aliphatic rings. The molecular formula is C25H24N4O4S. The Morgan fingerprint density at radius 2 is 2.12 bits per heavy atom. The number of rotatable bonds is 6. The van der Waals surface area contributed by atoms with E-state index in [9.17, 15) is 14.4 Å². The normalized spacial score (nSPS) is 16.4. The number of anilines is 3. The maximum Gasteiger partial charge on any atom is 0.338 e. The SMILES string of the molecule is Cc1ccccc1NC(=O)Cc1nc(COC(=O)c2ccc3c(c2)NC(=O)C2CCCN32)cs1. The Bertz CT molecular complexity index is 1270. The van der Waals surface area contributed by atoms with E-state index in [0.29, 0.717) is 22.0 Å². The van der Waals surface area contributed by atoms with Gasteiger partial charge in [0.2, 0.25) is 11.8 Å². The summed E-state index contributed by atoms with van der Waals surface area (Å²) in [6, 6.07) is 12.7. The highest BCUT2D eigenvalue weighted by molar-refractivity contribution is 7.09. The van der Waals surface area contributed by atoms with Gasteiger partial charge in [-0.25, -0.2) is 9.78 Å². The van der Waals surface area contributed by atoms with Crippen LogP contribution in [0.3, 0.4) is 0 Å². The Balaban J connectivity index is 1.17. The van der Waals surface area contributed by atoms with Crippen molar-refractivity contribution in [1.29, 1.82) is 0 Å². The Labute approximate surface area is 201 Å². The number of esters is 1. The fraction of sp³-hybridized carbons (Fsp3) is 0.280. The van der Waals surface area contributed by atoms with Crippen molar-refractivity contribution >= 4 is 46.2 Å². The van der Waals surface area contributed by atoms with Crippen LogP contribution in [0.25, 0.3) is 0 Å². The zero-order chi connectivity index (χ0) is 23.7. The summed E-state index contributed by atoms with van der Waals surface area (Å²) >= 11 is 1.35. The highest BCUT2D eigenvalue weighted by atomic mass is 32.1. The third kappa shape index (κ3) is 4.51. The number of ether oxygens (including phenoxy) is 1. The molecular weight excluding hydrogens is 452 g/mol. The molecule has 1 fully saturated rings. The van der Waals surface area contributed by atoms with Gasteiger partial charge in [0, 0.05) is 17.6 Å². The molecule has 2 aliphatic heterocycles. The number of carbonyl (C=O) groups excluding carboxylic acids is 3. The number of aromatic nitrogens is 1. The number of nitrogens with one attached hydrogen (secondary N) is 2. The van der Waals surface area contributed by atoms with Gasteiger partial charge in [-0.15, -0.1) is 11.3 Å². The van der Waals surface area contributed by atoms with Gasteiger partial charge in [0.25, 0.3) is 0 Å². The molecule has 2 N–H and O–H groups in total. The fourth-order valence-corrected chi connectivity index (χ4v) is 5.10. The van der Waals surface area contributed by atoms with Crippen molar-refractivity contribution in [3.8, 4) is 0 Å². The number of benzene rings is 2. The van der Waals surface area contributed by atoms with Crippen LogP contribution in [-0.4, -0.2) is 35.4 Å². The van der Waals surface area contributed by atoms with E-state index in [1.54, 1.807) is 17.5 Å². The lowest BCUT2D eigenvalue weighted by Crippen LogP contribution is -2.43. The molecule has 0 spiro atoms. The van der Waals surface area contributed by atoms with E-state index < -0.39 is 5.97 Å². The van der Waals surface area contributed by atoms with Gasteiger partial charge in [-0.05, 0) is 49.6 Å². The van der Waals surface area contributed by atoms with Crippen molar-refractivity contribution < 1.29 is 19.1 Å². The molecule has 1 aromatic heterocycles. The van der Waals surface area contributed by atoms with E-state index in [2.05, 4.69) is 20.5 Å². The monoisotopic (exact) mass is 476 g/mol. The Morgan fingerprint density at radius 3 is 2.97 bits per heavy atom. The first-order valence-electron chi connectivity index (χ1n) is 11.2. The second-order valence-corrected chi connectivity index (χ2v) is 9.36. The third-order valence-electron chi connectivity index (χ3n) is 6.04. The van der Waals surface area contributed by atoms with Crippen LogP contribution in [0, 0.1) is 6.92 Å². The first kappa shape index (κ1) is 22.1. The molecule has 5 rings (SSSR count). The molecule has 2 aromatic carbocycles. The van der Waals surface area contributed by atoms with Crippen LogP contribution in [-0.2, 0) is 27.4 Å². The molecule has 3 aromatic rings. The minimum atomic E-state index is -0.493. The number of fused-ring (bicyclic) bond motifs is 3. The predicted octanol–water partition coefficient (Wildman–Crippen LogP) is 3.91. The molecule has 1 atom stereocenters. The van der Waals surface area contributed by atoms with E-state index in [1.165, 1.54) is 11.3 Å². The minimum Gasteiger partial charge on any atom is -0.456 e. The van der Waals surface area contributed by atoms with Crippen LogP contribution in [0.4, 0.5) is 17.1 Å². The van der Waals surface area contributed by atoms with E-state index in [1.807, 2.05) is 37.3 Å². The summed E-state index contributed by atoms with van der Waals surface area (Å²) in [5.74, 6) is -0.673. The maximum absolute atomic E-state index is 12.6. The summed E-state index contributed by atoms with van der Waals surface area (Å²) in [5.41, 5.74) is 4.29. The van der Waals surface area contributed by atoms with Crippen LogP contribution >= 0.6 is 11.3 Å². The lowest BCUT2D eigenvalue weighted by Gasteiger charge is -2.33. The molecule has 34 heavy (non-hydrogen) atoms. The van der Waals surface area contributed by atoms with E-state index in [4.69, 9.17) is 4.74 Å². The summed E-state index contributed by atoms with van der Waals surface area (Å²) in [6.45, 7) is 2.78. The smallest absolute Gasteiger partial charge is 0.338 e. The van der Waals surface area contributed by atoms with Gasteiger partial charge in [-0.3, -0.25) is 9.59 Å². The average molecular weight is 477 g/mol. The van der Waals surface area contributed by atoms with E-state index >= 15 is 0 Å². The van der Waals surface area contributed by atoms with Crippen molar-refractivity contribution in [3.05, 3.63) is 69.7 Å². The molecule has 0 saturated carbocycles. The number of hydrogen-bond acceptors (Lipinski definition) is 7. The summed E-state index contributed by atoms with van der Waals surface area (Å²) in [6.07, 6.45) is 1.97. The predicted molar refractivity (Wildman–Crippen MR) is 130 cm³/mol. The van der Waals surface area contributed by atoms with Crippen LogP contribution in [0.1, 0.15) is 39.5 Å². The van der Waals surface area contributed by atoms with Crippen LogP contribution < -0.4 is 15.5 Å². The molecule has 0 radical (unpaired) electrons. The molecule has 174 valence electrons. The molecule has 8 nitrogen and oxygen atoms in total. The minimum absolute atomic E-state index is 0.00634. The second-order valence-electron chi connectivity index (χ2n) is 8.42. The molecule has 3 heterocycles. The highest BCUT2D eigenvalue weighted by Gasteiger charge is 2.36. The first-order chi connectivity index (χ1) is 16.5. The number of carbonyl (C=O) groups is 3. The Kier molecular flexibility index (Phi) is 6.02. The largest absolute Gasteiger partial charge is 0.456 e. The molecule has 1 saturated heterocycles. The lowest BCUT2D eigenvalue weighted by molar-refractivity contribution is -0.117. The molecule has 1 unspecified atom stereocenters. The highest BCUT2D eigenvalue weighted by Crippen LogP contribution is 2.37. The summed E-state index contributed by atoms with van der Waals surface area (Å²) in [4.78, 5) is 43.8. The number of nitrogens with zero attached hydrogens (tertiary/aromatic N) is 2. The van der Waals surface area contributed by atoms with Gasteiger partial charge < -0.3 is 20.3 Å². The van der Waals surface area contributed by atoms with Gasteiger partial charge in [0.15, 0.2) is 0 Å². The average Bonchev–Trinajstić information content (AvgIpc) is 3.49. The van der Waals surface area contributed by atoms with Crippen molar-refractivity contribution in [2.75, 3.05) is 22.1 Å². The van der Waals surface area contributed by atoms with Crippen molar-refractivity contribution in [2.45, 2.75) is 38.8 Å². The molecule has 9 heteroatoms. The number of amides is 2. The number of thiazole rings is 1. The zero-order valence-corrected chi connectivity index (χ0v) is 19.5. The zero-order valence-electron chi connectivity index (χ0n) is 18.7. The van der Waals surface area contributed by atoms with Gasteiger partial charge in [-0.2, -0.15) is 0 Å². The summed E-state index contributed by atoms with van der Waals surface area (Å²) in [5, 5.41) is 8.23.